The van der Waals surface area contributed by atoms with Crippen LogP contribution in [0.3, 0.4) is 0 Å². The summed E-state index contributed by atoms with van der Waals surface area (Å²) >= 11 is 1.33. The average Bonchev–Trinajstić information content (AvgIpc) is 2.58. The summed E-state index contributed by atoms with van der Waals surface area (Å²) in [6, 6.07) is 3.81. The summed E-state index contributed by atoms with van der Waals surface area (Å²) in [7, 11) is -3.50. The molecule has 0 radical (unpaired) electrons. The van der Waals surface area contributed by atoms with Crippen LogP contribution in [-0.2, 0) is 34.0 Å². The number of benzene rings is 1. The van der Waals surface area contributed by atoms with Gasteiger partial charge in [0.1, 0.15) is 17.7 Å². The first-order chi connectivity index (χ1) is 14.1. The monoisotopic (exact) mass is 472 g/mol. The second-order valence-electron chi connectivity index (χ2n) is 9.51. The number of carbonyl (C=O) groups is 2. The number of rotatable bonds is 11. The zero-order valence-corrected chi connectivity index (χ0v) is 21.7. The molecule has 1 rings (SSSR count). The lowest BCUT2D eigenvalue weighted by Gasteiger charge is -2.28. The number of carbonyl (C=O) groups excluding carboxylic acids is 2. The number of thioether (sulfide) groups is 1. The first kappa shape index (κ1) is 27.9. The van der Waals surface area contributed by atoms with E-state index in [0.717, 1.165) is 16.0 Å². The highest BCUT2D eigenvalue weighted by Gasteiger charge is 2.29. The quantitative estimate of drug-likeness (QED) is 0.245. The highest BCUT2D eigenvalue weighted by molar-refractivity contribution is 8.00. The largest absolute Gasteiger partial charge is 0.507 e. The van der Waals surface area contributed by atoms with Crippen molar-refractivity contribution in [1.82, 2.24) is 0 Å². The fourth-order valence-corrected chi connectivity index (χ4v) is 5.48. The van der Waals surface area contributed by atoms with Crippen LogP contribution in [0.4, 0.5) is 0 Å². The highest BCUT2D eigenvalue weighted by atomic mass is 32.2. The molecule has 0 heterocycles. The Labute approximate surface area is 191 Å². The Morgan fingerprint density at radius 3 is 1.77 bits per heavy atom. The molecule has 0 aromatic heterocycles. The molecule has 0 amide bonds. The van der Waals surface area contributed by atoms with Gasteiger partial charge in [0.2, 0.25) is 0 Å². The Bertz CT molecular complexity index is 790. The Morgan fingerprint density at radius 2 is 1.39 bits per heavy atom. The fourth-order valence-electron chi connectivity index (χ4n) is 3.06. The van der Waals surface area contributed by atoms with E-state index >= 15 is 0 Å². The lowest BCUT2D eigenvalue weighted by Crippen LogP contribution is -2.18. The zero-order valence-electron chi connectivity index (χ0n) is 20.0. The van der Waals surface area contributed by atoms with Crippen LogP contribution in [-0.4, -0.2) is 41.8 Å². The average molecular weight is 473 g/mol. The van der Waals surface area contributed by atoms with Crippen LogP contribution in [0.2, 0.25) is 0 Å². The molecule has 0 fully saturated rings. The summed E-state index contributed by atoms with van der Waals surface area (Å²) < 4.78 is 22.7. The summed E-state index contributed by atoms with van der Waals surface area (Å²) in [5.41, 5.74) is 1.11. The van der Waals surface area contributed by atoms with Crippen molar-refractivity contribution in [3.63, 3.8) is 0 Å². The van der Waals surface area contributed by atoms with Crippen molar-refractivity contribution in [2.45, 2.75) is 77.5 Å². The third-order valence-corrected chi connectivity index (χ3v) is 7.59. The molecule has 1 aromatic rings. The van der Waals surface area contributed by atoms with Gasteiger partial charge < -0.3 is 14.2 Å². The molecule has 1 N–H and O–H groups in total. The van der Waals surface area contributed by atoms with Crippen LogP contribution >= 0.6 is 19.4 Å². The van der Waals surface area contributed by atoms with E-state index < -0.39 is 19.5 Å². The minimum Gasteiger partial charge on any atom is -0.507 e. The highest BCUT2D eigenvalue weighted by Crippen LogP contribution is 2.48. The Kier molecular flexibility index (Phi) is 10.0. The topological polar surface area (TPSA) is 89.9 Å². The van der Waals surface area contributed by atoms with Crippen molar-refractivity contribution in [3.05, 3.63) is 23.3 Å². The molecule has 0 unspecified atom stereocenters. The summed E-state index contributed by atoms with van der Waals surface area (Å²) in [6.45, 7) is 15.9. The molecule has 31 heavy (non-hydrogen) atoms. The summed E-state index contributed by atoms with van der Waals surface area (Å²) in [5, 5.41) is 10.8. The van der Waals surface area contributed by atoms with Crippen molar-refractivity contribution in [2.75, 3.05) is 25.1 Å². The number of Topliss-reactive ketones (excluding diaryl/α,β-unsaturated/α-hetero) is 2. The molecule has 0 bridgehead atoms. The minimum atomic E-state index is -3.50. The van der Waals surface area contributed by atoms with Crippen molar-refractivity contribution in [2.24, 2.45) is 0 Å². The van der Waals surface area contributed by atoms with E-state index in [4.69, 9.17) is 9.05 Å². The first-order valence-electron chi connectivity index (χ1n) is 10.5. The zero-order chi connectivity index (χ0) is 24.0. The van der Waals surface area contributed by atoms with E-state index in [1.54, 1.807) is 13.8 Å². The van der Waals surface area contributed by atoms with Crippen LogP contribution in [0.25, 0.3) is 0 Å². The Balaban J connectivity index is 2.92. The van der Waals surface area contributed by atoms with Gasteiger partial charge in [-0.3, -0.25) is 14.2 Å². The van der Waals surface area contributed by atoms with Crippen molar-refractivity contribution in [3.8, 4) is 5.75 Å². The normalized spacial score (nSPS) is 12.8. The molecule has 0 saturated carbocycles. The van der Waals surface area contributed by atoms with Gasteiger partial charge in [-0.25, -0.2) is 0 Å². The maximum Gasteiger partial charge on any atom is 0.338 e. The van der Waals surface area contributed by atoms with Crippen LogP contribution in [0.1, 0.15) is 72.9 Å². The molecule has 0 saturated heterocycles. The van der Waals surface area contributed by atoms with Gasteiger partial charge in [-0.2, -0.15) is 0 Å². The predicted octanol–water partition coefficient (Wildman–Crippen LogP) is 5.87. The van der Waals surface area contributed by atoms with Gasteiger partial charge in [0.05, 0.1) is 25.4 Å². The molecular formula is C23H37O6PS. The second kappa shape index (κ2) is 11.1. The summed E-state index contributed by atoms with van der Waals surface area (Å²) in [5.74, 6) is -0.310. The lowest BCUT2D eigenvalue weighted by atomic mass is 9.79. The van der Waals surface area contributed by atoms with E-state index in [2.05, 4.69) is 0 Å². The molecule has 0 spiro atoms. The van der Waals surface area contributed by atoms with Gasteiger partial charge in [0.15, 0.2) is 5.78 Å². The summed E-state index contributed by atoms with van der Waals surface area (Å²) in [4.78, 5) is 25.5. The van der Waals surface area contributed by atoms with E-state index in [1.807, 2.05) is 53.7 Å². The number of hydrogen-bond acceptors (Lipinski definition) is 7. The molecule has 0 aliphatic rings. The Hall–Kier alpha value is -1.14. The van der Waals surface area contributed by atoms with Gasteiger partial charge in [-0.15, -0.1) is 11.8 Å². The smallest absolute Gasteiger partial charge is 0.338 e. The standard InChI is InChI=1S/C23H37O6PS/c1-9-28-30(27,29-10-2)14-16(24)11-17(25)15-31-18-12-19(22(3,4)5)21(26)20(13-18)23(6,7)8/h12-13,26H,9-11,14-15H2,1-8H3. The first-order valence-corrected chi connectivity index (χ1v) is 13.3. The van der Waals surface area contributed by atoms with Gasteiger partial charge >= 0.3 is 7.60 Å². The van der Waals surface area contributed by atoms with E-state index in [1.165, 1.54) is 11.8 Å². The molecule has 0 aliphatic carbocycles. The van der Waals surface area contributed by atoms with E-state index in [0.29, 0.717) is 0 Å². The Morgan fingerprint density at radius 1 is 0.935 bits per heavy atom. The number of phenols is 1. The van der Waals surface area contributed by atoms with Crippen LogP contribution in [0, 0.1) is 0 Å². The molecule has 0 atom stereocenters. The number of ketones is 2. The van der Waals surface area contributed by atoms with E-state index in [9.17, 15) is 19.3 Å². The van der Waals surface area contributed by atoms with Gasteiger partial charge in [-0.05, 0) is 36.8 Å². The van der Waals surface area contributed by atoms with Crippen molar-refractivity contribution >= 4 is 30.9 Å². The molecule has 1 aromatic carbocycles. The third-order valence-electron chi connectivity index (χ3n) is 4.52. The van der Waals surface area contributed by atoms with Gasteiger partial charge in [0, 0.05) is 16.0 Å². The van der Waals surface area contributed by atoms with Gasteiger partial charge in [0.25, 0.3) is 0 Å². The predicted molar refractivity (Wildman–Crippen MR) is 127 cm³/mol. The SMILES string of the molecule is CCOP(=O)(CC(=O)CC(=O)CSc1cc(C(C)(C)C)c(O)c(C(C)(C)C)c1)OCC. The van der Waals surface area contributed by atoms with Gasteiger partial charge in [-0.1, -0.05) is 41.5 Å². The van der Waals surface area contributed by atoms with Crippen LogP contribution in [0.15, 0.2) is 17.0 Å². The molecule has 176 valence electrons. The second-order valence-corrected chi connectivity index (χ2v) is 12.6. The number of aromatic hydroxyl groups is 1. The molecule has 6 nitrogen and oxygen atoms in total. The summed E-state index contributed by atoms with van der Waals surface area (Å²) in [6.07, 6.45) is -0.708. The molecule has 8 heteroatoms. The number of hydrogen-bond donors (Lipinski definition) is 1. The van der Waals surface area contributed by atoms with Crippen molar-refractivity contribution < 1.29 is 28.3 Å². The maximum absolute atomic E-state index is 12.5. The minimum absolute atomic E-state index is 0.108. The molecular weight excluding hydrogens is 435 g/mol. The fraction of sp³-hybridized carbons (Fsp3) is 0.652. The maximum atomic E-state index is 12.5. The number of phenolic OH excluding ortho intramolecular Hbond substituents is 1. The molecule has 0 aliphatic heterocycles. The lowest BCUT2D eigenvalue weighted by molar-refractivity contribution is -0.124. The van der Waals surface area contributed by atoms with Crippen LogP contribution in [0.5, 0.6) is 5.75 Å². The van der Waals surface area contributed by atoms with Crippen LogP contribution < -0.4 is 0 Å². The third kappa shape index (κ3) is 8.72. The van der Waals surface area contributed by atoms with Crippen molar-refractivity contribution in [1.29, 1.82) is 0 Å². The van der Waals surface area contributed by atoms with E-state index in [-0.39, 0.29) is 47.8 Å².